The Labute approximate surface area is 160 Å². The van der Waals surface area contributed by atoms with Crippen LogP contribution in [0.3, 0.4) is 0 Å². The van der Waals surface area contributed by atoms with Gasteiger partial charge in [0.15, 0.2) is 0 Å². The molecule has 1 aliphatic rings. The summed E-state index contributed by atoms with van der Waals surface area (Å²) < 4.78 is 17.3. The number of urea groups is 1. The van der Waals surface area contributed by atoms with Gasteiger partial charge in [-0.05, 0) is 32.0 Å². The van der Waals surface area contributed by atoms with Crippen LogP contribution < -0.4 is 10.6 Å². The van der Waals surface area contributed by atoms with E-state index in [-0.39, 0.29) is 30.2 Å². The molecule has 0 aliphatic carbocycles. The summed E-state index contributed by atoms with van der Waals surface area (Å²) in [6.07, 6.45) is 3.41. The molecule has 2 N–H and O–H groups in total. The molecule has 10 nitrogen and oxygen atoms in total. The Morgan fingerprint density at radius 3 is 2.82 bits per heavy atom. The van der Waals surface area contributed by atoms with Crippen LogP contribution in [0.2, 0.25) is 0 Å². The van der Waals surface area contributed by atoms with Crippen molar-refractivity contribution in [2.45, 2.75) is 26.4 Å². The van der Waals surface area contributed by atoms with Gasteiger partial charge < -0.3 is 24.5 Å². The molecule has 28 heavy (non-hydrogen) atoms. The molecule has 1 unspecified atom stereocenters. The smallest absolute Gasteiger partial charge is 0.374 e. The summed E-state index contributed by atoms with van der Waals surface area (Å²) in [5.74, 6) is -0.768. The molecular formula is C18H20N4O6. The van der Waals surface area contributed by atoms with Gasteiger partial charge in [0, 0.05) is 12.4 Å². The lowest BCUT2D eigenvalue weighted by molar-refractivity contribution is -0.139. The van der Waals surface area contributed by atoms with Crippen molar-refractivity contribution in [2.24, 2.45) is 0 Å². The molecule has 3 heterocycles. The highest BCUT2D eigenvalue weighted by Gasteiger charge is 2.30. The lowest BCUT2D eigenvalue weighted by Gasteiger charge is -2.26. The number of nitrogens with one attached hydrogen (secondary N) is 2. The fourth-order valence-corrected chi connectivity index (χ4v) is 2.73. The summed E-state index contributed by atoms with van der Waals surface area (Å²) in [4.78, 5) is 36.1. The average molecular weight is 388 g/mol. The molecule has 2 aromatic heterocycles. The maximum absolute atomic E-state index is 12.3. The molecule has 0 fully saturated rings. The summed E-state index contributed by atoms with van der Waals surface area (Å²) >= 11 is 0. The molecule has 2 amide bonds. The highest BCUT2D eigenvalue weighted by atomic mass is 16.5. The van der Waals surface area contributed by atoms with Gasteiger partial charge in [0.2, 0.25) is 5.76 Å². The molecule has 1 aliphatic heterocycles. The quantitative estimate of drug-likeness (QED) is 0.683. The fraction of sp³-hybridized carbons (Fsp3) is 0.333. The average Bonchev–Trinajstić information content (AvgIpc) is 3.31. The number of furan rings is 1. The van der Waals surface area contributed by atoms with Gasteiger partial charge in [-0.15, -0.1) is 0 Å². The van der Waals surface area contributed by atoms with Crippen LogP contribution in [0.1, 0.15) is 30.2 Å². The maximum atomic E-state index is 12.3. The molecule has 10 heteroatoms. The first-order chi connectivity index (χ1) is 13.5. The molecule has 0 saturated carbocycles. The van der Waals surface area contributed by atoms with E-state index in [9.17, 15) is 14.4 Å². The van der Waals surface area contributed by atoms with Gasteiger partial charge in [0.1, 0.15) is 12.4 Å². The minimum Gasteiger partial charge on any atom is -0.463 e. The zero-order valence-corrected chi connectivity index (χ0v) is 15.4. The number of esters is 2. The second kappa shape index (κ2) is 8.42. The lowest BCUT2D eigenvalue weighted by atomic mass is 10.0. The first-order valence-electron chi connectivity index (χ1n) is 8.69. The number of amides is 2. The molecule has 0 aromatic carbocycles. The van der Waals surface area contributed by atoms with Crippen LogP contribution in [0, 0.1) is 0 Å². The van der Waals surface area contributed by atoms with Gasteiger partial charge >= 0.3 is 18.0 Å². The summed E-state index contributed by atoms with van der Waals surface area (Å²) in [6, 6.07) is 3.85. The van der Waals surface area contributed by atoms with E-state index in [0.29, 0.717) is 12.3 Å². The topological polar surface area (TPSA) is 125 Å². The van der Waals surface area contributed by atoms with Crippen molar-refractivity contribution in [3.05, 3.63) is 53.4 Å². The van der Waals surface area contributed by atoms with Gasteiger partial charge in [-0.3, -0.25) is 4.68 Å². The highest BCUT2D eigenvalue weighted by molar-refractivity contribution is 5.95. The third-order valence-corrected chi connectivity index (χ3v) is 3.95. The Kier molecular flexibility index (Phi) is 5.78. The van der Waals surface area contributed by atoms with E-state index in [1.807, 2.05) is 0 Å². The highest BCUT2D eigenvalue weighted by Crippen LogP contribution is 2.16. The molecule has 2 aromatic rings. The second-order valence-corrected chi connectivity index (χ2v) is 5.98. The zero-order valence-electron chi connectivity index (χ0n) is 15.4. The molecule has 0 saturated heterocycles. The number of nitrogens with zero attached hydrogens (tertiary/aromatic N) is 2. The van der Waals surface area contributed by atoms with E-state index >= 15 is 0 Å². The van der Waals surface area contributed by atoms with Gasteiger partial charge in [-0.1, -0.05) is 0 Å². The van der Waals surface area contributed by atoms with Crippen molar-refractivity contribution in [3.63, 3.8) is 0 Å². The summed E-state index contributed by atoms with van der Waals surface area (Å²) in [7, 11) is 0. The van der Waals surface area contributed by atoms with E-state index in [0.717, 1.165) is 0 Å². The predicted molar refractivity (Wildman–Crippen MR) is 95.1 cm³/mol. The Hall–Kier alpha value is -3.56. The minimum atomic E-state index is -0.720. The molecular weight excluding hydrogens is 368 g/mol. The van der Waals surface area contributed by atoms with Crippen LogP contribution in [-0.4, -0.2) is 47.0 Å². The number of aromatic nitrogens is 2. The molecule has 1 atom stereocenters. The number of hydrogen-bond donors (Lipinski definition) is 2. The normalized spacial score (nSPS) is 16.4. The lowest BCUT2D eigenvalue weighted by Crippen LogP contribution is -2.50. The maximum Gasteiger partial charge on any atom is 0.374 e. The van der Waals surface area contributed by atoms with Gasteiger partial charge in [-0.25, -0.2) is 14.4 Å². The SMILES string of the molecule is CCOC(=O)C1=C(COC(=O)c2ccc(Cn3cccn3)o2)NC(=O)NC1C. The molecule has 148 valence electrons. The Balaban J connectivity index is 1.68. The summed E-state index contributed by atoms with van der Waals surface area (Å²) in [5.41, 5.74) is 0.374. The van der Waals surface area contributed by atoms with Crippen molar-refractivity contribution < 1.29 is 28.3 Å². The second-order valence-electron chi connectivity index (χ2n) is 5.98. The van der Waals surface area contributed by atoms with Gasteiger partial charge in [0.25, 0.3) is 0 Å². The molecule has 3 rings (SSSR count). The fourth-order valence-electron chi connectivity index (χ4n) is 2.73. The van der Waals surface area contributed by atoms with Crippen LogP contribution in [0.5, 0.6) is 0 Å². The first-order valence-corrected chi connectivity index (χ1v) is 8.69. The van der Waals surface area contributed by atoms with Crippen molar-refractivity contribution >= 4 is 18.0 Å². The van der Waals surface area contributed by atoms with E-state index in [4.69, 9.17) is 13.9 Å². The minimum absolute atomic E-state index is 0.00810. The Bertz CT molecular complexity index is 899. The van der Waals surface area contributed by atoms with E-state index in [1.54, 1.807) is 43.1 Å². The Morgan fingerprint density at radius 2 is 2.11 bits per heavy atom. The van der Waals surface area contributed by atoms with E-state index in [2.05, 4.69) is 15.7 Å². The predicted octanol–water partition coefficient (Wildman–Crippen LogP) is 1.20. The van der Waals surface area contributed by atoms with Crippen LogP contribution in [0.15, 0.2) is 46.3 Å². The van der Waals surface area contributed by atoms with Crippen molar-refractivity contribution in [2.75, 3.05) is 13.2 Å². The van der Waals surface area contributed by atoms with Gasteiger partial charge in [-0.2, -0.15) is 5.10 Å². The van der Waals surface area contributed by atoms with Crippen molar-refractivity contribution in [1.82, 2.24) is 20.4 Å². The van der Waals surface area contributed by atoms with Crippen LogP contribution >= 0.6 is 0 Å². The molecule has 0 radical (unpaired) electrons. The van der Waals surface area contributed by atoms with Crippen molar-refractivity contribution in [3.8, 4) is 0 Å². The van der Waals surface area contributed by atoms with Crippen LogP contribution in [-0.2, 0) is 20.8 Å². The largest absolute Gasteiger partial charge is 0.463 e. The van der Waals surface area contributed by atoms with Crippen LogP contribution in [0.4, 0.5) is 4.79 Å². The number of ether oxygens (including phenoxy) is 2. The monoisotopic (exact) mass is 388 g/mol. The third-order valence-electron chi connectivity index (χ3n) is 3.95. The van der Waals surface area contributed by atoms with Crippen molar-refractivity contribution in [1.29, 1.82) is 0 Å². The van der Waals surface area contributed by atoms with Gasteiger partial charge in [0.05, 0.1) is 30.5 Å². The molecule has 0 bridgehead atoms. The summed E-state index contributed by atoms with van der Waals surface area (Å²) in [6.45, 7) is 3.56. The first kappa shape index (κ1) is 19.2. The number of rotatable bonds is 7. The standard InChI is InChI=1S/C18H20N4O6/c1-3-26-17(24)15-11(2)20-18(25)21-13(15)10-27-16(23)14-6-5-12(28-14)9-22-8-4-7-19-22/h4-8,11H,3,9-10H2,1-2H3,(H2,20,21,25). The third kappa shape index (κ3) is 4.40. The van der Waals surface area contributed by atoms with Crippen LogP contribution in [0.25, 0.3) is 0 Å². The number of carbonyl (C=O) groups excluding carboxylic acids is 3. The molecule has 0 spiro atoms. The Morgan fingerprint density at radius 1 is 1.29 bits per heavy atom. The number of hydrogen-bond acceptors (Lipinski definition) is 7. The summed E-state index contributed by atoms with van der Waals surface area (Å²) in [5, 5.41) is 9.12. The number of carbonyl (C=O) groups is 3. The zero-order chi connectivity index (χ0) is 20.1. The van der Waals surface area contributed by atoms with E-state index in [1.165, 1.54) is 6.07 Å². The van der Waals surface area contributed by atoms with E-state index < -0.39 is 24.0 Å².